The number of nitrogens with zero attached hydrogens (tertiary/aromatic N) is 1. The normalized spacial score (nSPS) is 14.1. The van der Waals surface area contributed by atoms with E-state index in [4.69, 9.17) is 9.15 Å². The molecule has 0 unspecified atom stereocenters. The van der Waals surface area contributed by atoms with E-state index in [-0.39, 0.29) is 18.1 Å². The Labute approximate surface area is 197 Å². The highest BCUT2D eigenvalue weighted by Crippen LogP contribution is 2.32. The molecule has 0 aliphatic heterocycles. The van der Waals surface area contributed by atoms with Crippen molar-refractivity contribution in [2.45, 2.75) is 32.6 Å². The minimum Gasteiger partial charge on any atom is -0.453 e. The second-order valence-electron chi connectivity index (χ2n) is 8.33. The van der Waals surface area contributed by atoms with Crippen molar-refractivity contribution in [2.24, 2.45) is 5.10 Å². The molecular weight excluding hydrogens is 428 g/mol. The van der Waals surface area contributed by atoms with Gasteiger partial charge in [-0.3, -0.25) is 4.79 Å². The number of ether oxygens (including phenoxy) is 1. The molecule has 0 saturated carbocycles. The van der Waals surface area contributed by atoms with Crippen LogP contribution in [0.15, 0.2) is 82.3 Å². The monoisotopic (exact) mass is 452 g/mol. The Bertz CT molecular complexity index is 1400. The maximum absolute atomic E-state index is 13.0. The summed E-state index contributed by atoms with van der Waals surface area (Å²) in [7, 11) is 0. The second kappa shape index (κ2) is 9.35. The third kappa shape index (κ3) is 4.35. The molecule has 5 rings (SSSR count). The third-order valence-electron chi connectivity index (χ3n) is 5.99. The van der Waals surface area contributed by atoms with Crippen molar-refractivity contribution in [2.75, 3.05) is 0 Å². The van der Waals surface area contributed by atoms with Crippen LogP contribution in [0.3, 0.4) is 0 Å². The number of amides is 1. The minimum absolute atomic E-state index is 0.170. The molecule has 0 fully saturated rings. The van der Waals surface area contributed by atoms with Crippen molar-refractivity contribution in [3.05, 3.63) is 101 Å². The molecule has 4 aromatic rings. The molecule has 170 valence electrons. The van der Waals surface area contributed by atoms with E-state index in [2.05, 4.69) is 10.5 Å². The van der Waals surface area contributed by atoms with E-state index in [1.54, 1.807) is 6.07 Å². The number of furan rings is 1. The van der Waals surface area contributed by atoms with Crippen molar-refractivity contribution in [1.82, 2.24) is 5.43 Å². The summed E-state index contributed by atoms with van der Waals surface area (Å²) in [5.41, 5.74) is 5.76. The first kappa shape index (κ1) is 21.6. The van der Waals surface area contributed by atoms with Gasteiger partial charge in [-0.2, -0.15) is 5.10 Å². The van der Waals surface area contributed by atoms with E-state index in [1.165, 1.54) is 0 Å². The van der Waals surface area contributed by atoms with Gasteiger partial charge in [0, 0.05) is 22.9 Å². The van der Waals surface area contributed by atoms with E-state index in [0.717, 1.165) is 28.3 Å². The summed E-state index contributed by atoms with van der Waals surface area (Å²) in [6.45, 7) is 1.83. The molecule has 1 heterocycles. The predicted octanol–water partition coefficient (Wildman–Crippen LogP) is 5.36. The van der Waals surface area contributed by atoms with Gasteiger partial charge in [-0.1, -0.05) is 66.7 Å². The molecule has 1 aliphatic carbocycles. The number of aryl methyl sites for hydroxylation is 1. The van der Waals surface area contributed by atoms with Crippen molar-refractivity contribution < 1.29 is 18.7 Å². The van der Waals surface area contributed by atoms with Crippen LogP contribution in [0.4, 0.5) is 0 Å². The Morgan fingerprint density at radius 3 is 2.59 bits per heavy atom. The molecule has 0 bridgehead atoms. The number of benzene rings is 3. The predicted molar refractivity (Wildman–Crippen MR) is 130 cm³/mol. The molecule has 0 spiro atoms. The molecule has 0 atom stereocenters. The van der Waals surface area contributed by atoms with Gasteiger partial charge in [-0.25, -0.2) is 10.2 Å². The highest BCUT2D eigenvalue weighted by molar-refractivity contribution is 6.06. The van der Waals surface area contributed by atoms with Gasteiger partial charge < -0.3 is 9.15 Å². The zero-order valence-electron chi connectivity index (χ0n) is 18.8. The summed E-state index contributed by atoms with van der Waals surface area (Å²) in [6, 6.07) is 22.8. The van der Waals surface area contributed by atoms with Crippen LogP contribution in [-0.4, -0.2) is 17.6 Å². The van der Waals surface area contributed by atoms with Crippen LogP contribution < -0.4 is 10.2 Å². The van der Waals surface area contributed by atoms with Gasteiger partial charge >= 0.3 is 5.97 Å². The summed E-state index contributed by atoms with van der Waals surface area (Å²) < 4.78 is 11.7. The number of hydrazone groups is 1. The lowest BCUT2D eigenvalue weighted by Gasteiger charge is -2.13. The van der Waals surface area contributed by atoms with E-state index in [1.807, 2.05) is 73.7 Å². The molecule has 1 amide bonds. The van der Waals surface area contributed by atoms with Gasteiger partial charge in [-0.15, -0.1) is 0 Å². The second-order valence-corrected chi connectivity index (χ2v) is 8.33. The highest BCUT2D eigenvalue weighted by Gasteiger charge is 2.29. The van der Waals surface area contributed by atoms with Gasteiger partial charge in [0.25, 0.3) is 0 Å². The Morgan fingerprint density at radius 2 is 1.74 bits per heavy atom. The van der Waals surface area contributed by atoms with Crippen LogP contribution in [0, 0.1) is 6.92 Å². The number of hydrogen-bond donors (Lipinski definition) is 1. The van der Waals surface area contributed by atoms with Crippen LogP contribution in [0.1, 0.15) is 45.8 Å². The largest absolute Gasteiger partial charge is 0.453 e. The lowest BCUT2D eigenvalue weighted by atomic mass is 9.93. The number of rotatable bonds is 5. The summed E-state index contributed by atoms with van der Waals surface area (Å²) in [5.74, 6) is 0.616. The van der Waals surface area contributed by atoms with E-state index in [9.17, 15) is 9.59 Å². The fraction of sp³-hybridized carbons (Fsp3) is 0.179. The van der Waals surface area contributed by atoms with Crippen LogP contribution in [0.5, 0.6) is 5.75 Å². The van der Waals surface area contributed by atoms with E-state index in [0.29, 0.717) is 35.6 Å². The lowest BCUT2D eigenvalue weighted by Crippen LogP contribution is -2.23. The van der Waals surface area contributed by atoms with E-state index >= 15 is 0 Å². The average Bonchev–Trinajstić information content (AvgIpc) is 3.21. The molecule has 0 saturated heterocycles. The van der Waals surface area contributed by atoms with Crippen LogP contribution in [0.2, 0.25) is 0 Å². The smallest absolute Gasteiger partial charge is 0.379 e. The van der Waals surface area contributed by atoms with Crippen LogP contribution in [-0.2, 0) is 17.6 Å². The highest BCUT2D eigenvalue weighted by atomic mass is 16.5. The summed E-state index contributed by atoms with van der Waals surface area (Å²) in [6.07, 6.45) is 2.47. The van der Waals surface area contributed by atoms with E-state index < -0.39 is 5.97 Å². The zero-order chi connectivity index (χ0) is 23.5. The molecular formula is C28H24N2O4. The Kier molecular flexibility index (Phi) is 5.95. The zero-order valence-corrected chi connectivity index (χ0v) is 18.8. The number of fused-ring (bicyclic) bond motifs is 2. The summed E-state index contributed by atoms with van der Waals surface area (Å²) >= 11 is 0. The van der Waals surface area contributed by atoms with Gasteiger partial charge in [0.1, 0.15) is 11.5 Å². The molecule has 1 aromatic heterocycles. The van der Waals surface area contributed by atoms with Gasteiger partial charge in [0.2, 0.25) is 11.7 Å². The van der Waals surface area contributed by atoms with Gasteiger partial charge in [-0.05, 0) is 36.8 Å². The molecule has 34 heavy (non-hydrogen) atoms. The fourth-order valence-corrected chi connectivity index (χ4v) is 4.36. The molecule has 0 radical (unpaired) electrons. The number of carbonyl (C=O) groups is 2. The number of esters is 1. The SMILES string of the molecule is Cc1c(C(=O)Oc2cccc3ccccc23)oc2c1/C(=N/NC(=O)Cc1ccccc1)CCC2. The first-order valence-corrected chi connectivity index (χ1v) is 11.3. The first-order chi connectivity index (χ1) is 16.6. The van der Waals surface area contributed by atoms with Crippen molar-refractivity contribution in [3.63, 3.8) is 0 Å². The molecule has 3 aromatic carbocycles. The first-order valence-electron chi connectivity index (χ1n) is 11.3. The Balaban J connectivity index is 1.37. The Hall–Kier alpha value is -4.19. The van der Waals surface area contributed by atoms with Crippen LogP contribution in [0.25, 0.3) is 10.8 Å². The summed E-state index contributed by atoms with van der Waals surface area (Å²) in [4.78, 5) is 25.4. The molecule has 6 nitrogen and oxygen atoms in total. The van der Waals surface area contributed by atoms with Crippen molar-refractivity contribution in [1.29, 1.82) is 0 Å². The average molecular weight is 453 g/mol. The Morgan fingerprint density at radius 1 is 0.971 bits per heavy atom. The van der Waals surface area contributed by atoms with Gasteiger partial charge in [0.05, 0.1) is 12.1 Å². The maximum atomic E-state index is 13.0. The molecule has 1 aliphatic rings. The number of carbonyl (C=O) groups excluding carboxylic acids is 2. The van der Waals surface area contributed by atoms with Crippen molar-refractivity contribution in [3.8, 4) is 5.75 Å². The number of hydrogen-bond acceptors (Lipinski definition) is 5. The fourth-order valence-electron chi connectivity index (χ4n) is 4.36. The lowest BCUT2D eigenvalue weighted by molar-refractivity contribution is -0.120. The summed E-state index contributed by atoms with van der Waals surface area (Å²) in [5, 5.41) is 6.23. The molecule has 1 N–H and O–H groups in total. The van der Waals surface area contributed by atoms with Gasteiger partial charge in [0.15, 0.2) is 0 Å². The van der Waals surface area contributed by atoms with Crippen LogP contribution >= 0.6 is 0 Å². The maximum Gasteiger partial charge on any atom is 0.379 e. The third-order valence-corrected chi connectivity index (χ3v) is 5.99. The quantitative estimate of drug-likeness (QED) is 0.251. The topological polar surface area (TPSA) is 80.9 Å². The minimum atomic E-state index is -0.546. The number of nitrogens with one attached hydrogen (secondary N) is 1. The standard InChI is InChI=1S/C28H24N2O4/c1-18-26-22(29-30-25(31)17-19-9-3-2-4-10-19)14-8-16-24(26)33-27(18)28(32)34-23-15-7-12-20-11-5-6-13-21(20)23/h2-7,9-13,15H,8,14,16-17H2,1H3,(H,30,31)/b29-22+. The van der Waals surface area contributed by atoms with Crippen molar-refractivity contribution >= 4 is 28.4 Å². The molecule has 6 heteroatoms.